The van der Waals surface area contributed by atoms with Crippen molar-refractivity contribution < 1.29 is 14.3 Å². The van der Waals surface area contributed by atoms with Gasteiger partial charge in [0.15, 0.2) is 0 Å². The molecule has 1 aromatic rings. The Hall–Kier alpha value is -1.59. The summed E-state index contributed by atoms with van der Waals surface area (Å²) in [6, 6.07) is 7.21. The maximum atomic E-state index is 11.8. The van der Waals surface area contributed by atoms with Gasteiger partial charge in [0.2, 0.25) is 0 Å². The number of carbonyl (C=O) groups excluding carboxylic acids is 2. The van der Waals surface area contributed by atoms with Crippen molar-refractivity contribution in [3.8, 4) is 0 Å². The normalized spacial score (nSPS) is 13.5. The van der Waals surface area contributed by atoms with Crippen molar-refractivity contribution in [3.63, 3.8) is 0 Å². The van der Waals surface area contributed by atoms with E-state index in [1.807, 2.05) is 32.9 Å². The molecule has 0 heterocycles. The lowest BCUT2D eigenvalue weighted by molar-refractivity contribution is -0.140. The summed E-state index contributed by atoms with van der Waals surface area (Å²) < 4.78 is 5.50. The molecule has 1 aromatic carbocycles. The number of benzene rings is 1. The zero-order valence-corrected chi connectivity index (χ0v) is 14.2. The standard InChI is InChI=1S/C16H23ClN2O3/c1-11(2)9-18-14(20)15(21)19-10-16(3,22-4)12-6-5-7-13(17)8-12/h5-8,11H,9-10H2,1-4H3,(H,18,20)(H,19,21). The highest BCUT2D eigenvalue weighted by Crippen LogP contribution is 2.26. The van der Waals surface area contributed by atoms with Crippen LogP contribution in [0.3, 0.4) is 0 Å². The van der Waals surface area contributed by atoms with Crippen molar-refractivity contribution in [1.82, 2.24) is 10.6 Å². The van der Waals surface area contributed by atoms with E-state index in [-0.39, 0.29) is 12.5 Å². The number of hydrogen-bond acceptors (Lipinski definition) is 3. The molecule has 0 aliphatic carbocycles. The lowest BCUT2D eigenvalue weighted by Gasteiger charge is -2.29. The summed E-state index contributed by atoms with van der Waals surface area (Å²) in [7, 11) is 1.55. The molecule has 0 radical (unpaired) electrons. The van der Waals surface area contributed by atoms with Gasteiger partial charge in [-0.25, -0.2) is 0 Å². The van der Waals surface area contributed by atoms with Crippen LogP contribution in [0.1, 0.15) is 26.3 Å². The molecule has 0 saturated heterocycles. The molecule has 0 aliphatic rings. The van der Waals surface area contributed by atoms with Crippen LogP contribution < -0.4 is 10.6 Å². The van der Waals surface area contributed by atoms with Crippen molar-refractivity contribution in [1.29, 1.82) is 0 Å². The first-order valence-electron chi connectivity index (χ1n) is 7.15. The Morgan fingerprint density at radius 3 is 2.45 bits per heavy atom. The summed E-state index contributed by atoms with van der Waals surface area (Å²) in [6.45, 7) is 6.36. The first-order chi connectivity index (χ1) is 10.3. The second kappa shape index (κ2) is 8.15. The fraction of sp³-hybridized carbons (Fsp3) is 0.500. The van der Waals surface area contributed by atoms with E-state index in [1.54, 1.807) is 19.2 Å². The van der Waals surface area contributed by atoms with Gasteiger partial charge >= 0.3 is 11.8 Å². The van der Waals surface area contributed by atoms with Gasteiger partial charge in [-0.15, -0.1) is 0 Å². The number of nitrogens with one attached hydrogen (secondary N) is 2. The van der Waals surface area contributed by atoms with E-state index < -0.39 is 17.4 Å². The summed E-state index contributed by atoms with van der Waals surface area (Å²) in [6.07, 6.45) is 0. The second-order valence-electron chi connectivity index (χ2n) is 5.73. The average molecular weight is 327 g/mol. The van der Waals surface area contributed by atoms with E-state index in [1.165, 1.54) is 0 Å². The summed E-state index contributed by atoms with van der Waals surface area (Å²) in [5.74, 6) is -1.03. The summed E-state index contributed by atoms with van der Waals surface area (Å²) in [5, 5.41) is 5.75. The van der Waals surface area contributed by atoms with Crippen LogP contribution in [0.4, 0.5) is 0 Å². The molecular formula is C16H23ClN2O3. The molecule has 22 heavy (non-hydrogen) atoms. The van der Waals surface area contributed by atoms with Gasteiger partial charge in [-0.05, 0) is 30.5 Å². The van der Waals surface area contributed by atoms with Gasteiger partial charge in [0, 0.05) is 18.7 Å². The minimum absolute atomic E-state index is 0.164. The SMILES string of the molecule is COC(C)(CNC(=O)C(=O)NCC(C)C)c1cccc(Cl)c1. The highest BCUT2D eigenvalue weighted by Gasteiger charge is 2.28. The smallest absolute Gasteiger partial charge is 0.309 e. The Morgan fingerprint density at radius 1 is 1.27 bits per heavy atom. The summed E-state index contributed by atoms with van der Waals surface area (Å²) in [5.41, 5.74) is 0.0594. The van der Waals surface area contributed by atoms with E-state index in [2.05, 4.69) is 10.6 Å². The molecule has 0 fully saturated rings. The number of halogens is 1. The topological polar surface area (TPSA) is 67.4 Å². The van der Waals surface area contributed by atoms with Crippen LogP contribution in [0, 0.1) is 5.92 Å². The van der Waals surface area contributed by atoms with Gasteiger partial charge < -0.3 is 15.4 Å². The van der Waals surface area contributed by atoms with Crippen LogP contribution in [0.15, 0.2) is 24.3 Å². The van der Waals surface area contributed by atoms with E-state index >= 15 is 0 Å². The van der Waals surface area contributed by atoms with Gasteiger partial charge in [-0.2, -0.15) is 0 Å². The first-order valence-corrected chi connectivity index (χ1v) is 7.53. The van der Waals surface area contributed by atoms with Crippen LogP contribution in [0.25, 0.3) is 0 Å². The van der Waals surface area contributed by atoms with Gasteiger partial charge in [-0.3, -0.25) is 9.59 Å². The summed E-state index contributed by atoms with van der Waals surface area (Å²) >= 11 is 5.98. The van der Waals surface area contributed by atoms with Gasteiger partial charge in [0.25, 0.3) is 0 Å². The highest BCUT2D eigenvalue weighted by atomic mass is 35.5. The van der Waals surface area contributed by atoms with Gasteiger partial charge in [-0.1, -0.05) is 37.6 Å². The molecule has 0 spiro atoms. The molecule has 2 amide bonds. The lowest BCUT2D eigenvalue weighted by atomic mass is 9.95. The predicted molar refractivity (Wildman–Crippen MR) is 86.7 cm³/mol. The largest absolute Gasteiger partial charge is 0.372 e. The molecule has 0 bridgehead atoms. The molecule has 5 nitrogen and oxygen atoms in total. The molecule has 1 atom stereocenters. The second-order valence-corrected chi connectivity index (χ2v) is 6.17. The van der Waals surface area contributed by atoms with Gasteiger partial charge in [0.1, 0.15) is 5.60 Å². The van der Waals surface area contributed by atoms with Crippen LogP contribution in [-0.2, 0) is 19.9 Å². The Bertz CT molecular complexity index is 534. The van der Waals surface area contributed by atoms with Crippen LogP contribution >= 0.6 is 11.6 Å². The monoisotopic (exact) mass is 326 g/mol. The van der Waals surface area contributed by atoms with Crippen LogP contribution in [0.5, 0.6) is 0 Å². The number of methoxy groups -OCH3 is 1. The van der Waals surface area contributed by atoms with E-state index in [0.29, 0.717) is 11.6 Å². The maximum absolute atomic E-state index is 11.8. The zero-order chi connectivity index (χ0) is 16.8. The Labute approximate surface area is 136 Å². The fourth-order valence-corrected chi connectivity index (χ4v) is 2.01. The van der Waals surface area contributed by atoms with Crippen molar-refractivity contribution in [2.24, 2.45) is 5.92 Å². The van der Waals surface area contributed by atoms with Crippen molar-refractivity contribution in [2.75, 3.05) is 20.2 Å². The zero-order valence-electron chi connectivity index (χ0n) is 13.4. The van der Waals surface area contributed by atoms with Crippen LogP contribution in [0.2, 0.25) is 5.02 Å². The number of carbonyl (C=O) groups is 2. The Balaban J connectivity index is 2.67. The molecule has 0 aliphatic heterocycles. The molecule has 1 rings (SSSR count). The minimum Gasteiger partial charge on any atom is -0.372 e. The van der Waals surface area contributed by atoms with Crippen LogP contribution in [-0.4, -0.2) is 32.0 Å². The third-order valence-corrected chi connectivity index (χ3v) is 3.58. The fourth-order valence-electron chi connectivity index (χ4n) is 1.82. The third kappa shape index (κ3) is 5.31. The molecule has 6 heteroatoms. The molecule has 2 N–H and O–H groups in total. The number of rotatable bonds is 6. The third-order valence-electron chi connectivity index (χ3n) is 3.35. The highest BCUT2D eigenvalue weighted by molar-refractivity contribution is 6.35. The van der Waals surface area contributed by atoms with E-state index in [9.17, 15) is 9.59 Å². The number of amides is 2. The summed E-state index contributed by atoms with van der Waals surface area (Å²) in [4.78, 5) is 23.5. The molecule has 122 valence electrons. The Morgan fingerprint density at radius 2 is 1.91 bits per heavy atom. The number of ether oxygens (including phenoxy) is 1. The van der Waals surface area contributed by atoms with Gasteiger partial charge in [0.05, 0.1) is 6.54 Å². The molecular weight excluding hydrogens is 304 g/mol. The molecule has 0 saturated carbocycles. The minimum atomic E-state index is -0.765. The van der Waals surface area contributed by atoms with E-state index in [0.717, 1.165) is 5.56 Å². The first kappa shape index (κ1) is 18.5. The predicted octanol–water partition coefficient (Wildman–Crippen LogP) is 2.09. The van der Waals surface area contributed by atoms with Crippen molar-refractivity contribution in [3.05, 3.63) is 34.9 Å². The van der Waals surface area contributed by atoms with Crippen molar-refractivity contribution >= 4 is 23.4 Å². The Kier molecular flexibility index (Phi) is 6.84. The van der Waals surface area contributed by atoms with E-state index in [4.69, 9.17) is 16.3 Å². The quantitative estimate of drug-likeness (QED) is 0.787. The average Bonchev–Trinajstić information content (AvgIpc) is 2.49. The van der Waals surface area contributed by atoms with Crippen molar-refractivity contribution in [2.45, 2.75) is 26.4 Å². The molecule has 0 aromatic heterocycles. The number of hydrogen-bond donors (Lipinski definition) is 2. The molecule has 1 unspecified atom stereocenters. The lowest BCUT2D eigenvalue weighted by Crippen LogP contribution is -2.46. The maximum Gasteiger partial charge on any atom is 0.309 e.